The van der Waals surface area contributed by atoms with Gasteiger partial charge in [0.25, 0.3) is 5.91 Å². The minimum absolute atomic E-state index is 0.00608. The van der Waals surface area contributed by atoms with E-state index in [2.05, 4.69) is 15.6 Å². The van der Waals surface area contributed by atoms with Gasteiger partial charge in [-0.1, -0.05) is 37.3 Å². The Labute approximate surface area is 163 Å². The van der Waals surface area contributed by atoms with E-state index in [-0.39, 0.29) is 30.2 Å². The first kappa shape index (κ1) is 17.9. The third-order valence-electron chi connectivity index (χ3n) is 6.25. The molecule has 150 valence electrons. The van der Waals surface area contributed by atoms with Crippen molar-refractivity contribution in [1.82, 2.24) is 20.3 Å². The Morgan fingerprint density at radius 2 is 2.04 bits per heavy atom. The fraction of sp³-hybridized carbons (Fsp3) is 0.650. The second kappa shape index (κ2) is 7.67. The molecule has 1 N–H and O–H groups in total. The van der Waals surface area contributed by atoms with E-state index in [9.17, 15) is 4.79 Å². The Kier molecular flexibility index (Phi) is 4.90. The lowest BCUT2D eigenvalue weighted by molar-refractivity contribution is 0.0613. The van der Waals surface area contributed by atoms with Crippen LogP contribution in [0.4, 0.5) is 0 Å². The molecule has 1 aliphatic carbocycles. The summed E-state index contributed by atoms with van der Waals surface area (Å²) in [6.07, 6.45) is 12.3. The summed E-state index contributed by atoms with van der Waals surface area (Å²) in [7, 11) is 0. The summed E-state index contributed by atoms with van der Waals surface area (Å²) in [6, 6.07) is 1.46. The van der Waals surface area contributed by atoms with Gasteiger partial charge in [0.15, 0.2) is 0 Å². The van der Waals surface area contributed by atoms with E-state index >= 15 is 0 Å². The number of furan rings is 1. The summed E-state index contributed by atoms with van der Waals surface area (Å²) in [5, 5.41) is 11.7. The molecule has 0 aromatic carbocycles. The number of hydrogen-bond acceptors (Lipinski definition) is 6. The molecule has 1 amide bonds. The molecule has 2 aromatic heterocycles. The van der Waals surface area contributed by atoms with E-state index in [0.717, 1.165) is 18.0 Å². The lowest BCUT2D eigenvalue weighted by Crippen LogP contribution is -2.44. The summed E-state index contributed by atoms with van der Waals surface area (Å²) in [5.41, 5.74) is 1.56. The van der Waals surface area contributed by atoms with Crippen molar-refractivity contribution in [2.75, 3.05) is 13.2 Å². The van der Waals surface area contributed by atoms with Gasteiger partial charge < -0.3 is 19.2 Å². The number of nitrogens with zero attached hydrogens (tertiary/aromatic N) is 3. The molecule has 2 aromatic rings. The molecule has 4 atom stereocenters. The van der Waals surface area contributed by atoms with E-state index in [0.29, 0.717) is 18.8 Å². The van der Waals surface area contributed by atoms with Crippen molar-refractivity contribution in [3.63, 3.8) is 0 Å². The quantitative estimate of drug-likeness (QED) is 0.846. The van der Waals surface area contributed by atoms with Gasteiger partial charge in [-0.25, -0.2) is 4.68 Å². The number of rotatable bonds is 5. The molecular weight excluding hydrogens is 360 g/mol. The summed E-state index contributed by atoms with van der Waals surface area (Å²) >= 11 is 0. The van der Waals surface area contributed by atoms with Crippen LogP contribution in [-0.4, -0.2) is 52.4 Å². The molecule has 2 aliphatic heterocycles. The predicted molar refractivity (Wildman–Crippen MR) is 98.8 cm³/mol. The number of fused-ring (bicyclic) bond motifs is 1. The summed E-state index contributed by atoms with van der Waals surface area (Å²) in [5.74, 6) is 0.558. The highest BCUT2D eigenvalue weighted by Crippen LogP contribution is 2.34. The zero-order chi connectivity index (χ0) is 18.9. The molecule has 0 unspecified atom stereocenters. The predicted octanol–water partition coefficient (Wildman–Crippen LogP) is 2.13. The van der Waals surface area contributed by atoms with Crippen LogP contribution in [0.15, 0.2) is 29.2 Å². The molecular formula is C20H26N4O4. The monoisotopic (exact) mass is 386 g/mol. The number of aromatic nitrogens is 3. The highest BCUT2D eigenvalue weighted by Gasteiger charge is 2.49. The van der Waals surface area contributed by atoms with E-state index in [1.54, 1.807) is 6.07 Å². The van der Waals surface area contributed by atoms with Gasteiger partial charge in [-0.2, -0.15) is 0 Å². The highest BCUT2D eigenvalue weighted by molar-refractivity contribution is 5.94. The first-order chi connectivity index (χ1) is 13.8. The van der Waals surface area contributed by atoms with Gasteiger partial charge in [0.1, 0.15) is 24.5 Å². The Hall–Kier alpha value is -2.19. The van der Waals surface area contributed by atoms with Gasteiger partial charge in [0.2, 0.25) is 0 Å². The molecule has 5 rings (SSSR count). The zero-order valence-corrected chi connectivity index (χ0v) is 15.8. The van der Waals surface area contributed by atoms with Crippen LogP contribution in [0.3, 0.4) is 0 Å². The molecule has 2 saturated heterocycles. The molecule has 8 nitrogen and oxygen atoms in total. The Morgan fingerprint density at radius 3 is 2.86 bits per heavy atom. The number of amides is 1. The van der Waals surface area contributed by atoms with Gasteiger partial charge in [-0.15, -0.1) is 5.10 Å². The third kappa shape index (κ3) is 3.46. The Bertz CT molecular complexity index is 799. The second-order valence-corrected chi connectivity index (χ2v) is 8.15. The van der Waals surface area contributed by atoms with Crippen LogP contribution in [0.1, 0.15) is 54.2 Å². The van der Waals surface area contributed by atoms with Crippen molar-refractivity contribution >= 4 is 5.91 Å². The average Bonchev–Trinajstić information content (AvgIpc) is 3.49. The molecule has 3 aliphatic rings. The summed E-state index contributed by atoms with van der Waals surface area (Å²) in [6.45, 7) is 0.943. The minimum atomic E-state index is -0.178. The molecule has 8 heteroatoms. The van der Waals surface area contributed by atoms with E-state index in [4.69, 9.17) is 13.9 Å². The normalized spacial score (nSPS) is 30.4. The van der Waals surface area contributed by atoms with E-state index in [1.165, 1.54) is 44.6 Å². The SMILES string of the molecule is O=C(N[C@H]1CO[C@H]2[C@@H]1OC[C@@H]2n1cc(CC2CCCCC2)nn1)c1ccoc1. The van der Waals surface area contributed by atoms with E-state index in [1.807, 2.05) is 10.9 Å². The van der Waals surface area contributed by atoms with Crippen LogP contribution in [0.25, 0.3) is 0 Å². The van der Waals surface area contributed by atoms with Crippen LogP contribution < -0.4 is 5.32 Å². The molecule has 3 fully saturated rings. The number of carbonyl (C=O) groups is 1. The van der Waals surface area contributed by atoms with Gasteiger partial charge in [-0.3, -0.25) is 4.79 Å². The zero-order valence-electron chi connectivity index (χ0n) is 15.8. The van der Waals surface area contributed by atoms with Crippen molar-refractivity contribution in [3.8, 4) is 0 Å². The Balaban J connectivity index is 1.21. The molecule has 1 saturated carbocycles. The van der Waals surface area contributed by atoms with Crippen LogP contribution in [-0.2, 0) is 15.9 Å². The number of carbonyl (C=O) groups excluding carboxylic acids is 1. The fourth-order valence-corrected chi connectivity index (χ4v) is 4.73. The average molecular weight is 386 g/mol. The number of nitrogens with one attached hydrogen (secondary N) is 1. The van der Waals surface area contributed by atoms with Gasteiger partial charge >= 0.3 is 0 Å². The fourth-order valence-electron chi connectivity index (χ4n) is 4.73. The highest BCUT2D eigenvalue weighted by atomic mass is 16.6. The second-order valence-electron chi connectivity index (χ2n) is 8.15. The molecule has 0 bridgehead atoms. The summed E-state index contributed by atoms with van der Waals surface area (Å²) < 4.78 is 18.8. The molecule has 0 spiro atoms. The van der Waals surface area contributed by atoms with Crippen molar-refractivity contribution in [2.45, 2.75) is 62.8 Å². The molecule has 4 heterocycles. The lowest BCUT2D eigenvalue weighted by atomic mass is 9.86. The van der Waals surface area contributed by atoms with Crippen LogP contribution in [0.2, 0.25) is 0 Å². The lowest BCUT2D eigenvalue weighted by Gasteiger charge is -2.20. The maximum Gasteiger partial charge on any atom is 0.254 e. The van der Waals surface area contributed by atoms with Gasteiger partial charge in [0.05, 0.1) is 36.8 Å². The maximum absolute atomic E-state index is 12.3. The first-order valence-corrected chi connectivity index (χ1v) is 10.2. The number of hydrogen-bond donors (Lipinski definition) is 1. The van der Waals surface area contributed by atoms with Gasteiger partial charge in [-0.05, 0) is 18.4 Å². The Morgan fingerprint density at radius 1 is 1.18 bits per heavy atom. The maximum atomic E-state index is 12.3. The van der Waals surface area contributed by atoms with Crippen LogP contribution >= 0.6 is 0 Å². The standard InChI is InChI=1S/C20H26N4O4/c25-20(14-6-7-26-10-14)21-16-11-27-19-17(12-28-18(16)19)24-9-15(22-23-24)8-13-4-2-1-3-5-13/h6-7,9-10,13,16-19H,1-5,8,11-12H2,(H,21,25)/t16-,17-,18+,19+/m0/s1. The third-order valence-corrected chi connectivity index (χ3v) is 6.25. The van der Waals surface area contributed by atoms with Crippen molar-refractivity contribution in [2.24, 2.45) is 5.92 Å². The van der Waals surface area contributed by atoms with Gasteiger partial charge in [0, 0.05) is 6.20 Å². The summed E-state index contributed by atoms with van der Waals surface area (Å²) in [4.78, 5) is 12.3. The topological polar surface area (TPSA) is 91.4 Å². The van der Waals surface area contributed by atoms with Crippen molar-refractivity contribution in [1.29, 1.82) is 0 Å². The number of ether oxygens (including phenoxy) is 2. The molecule has 28 heavy (non-hydrogen) atoms. The largest absolute Gasteiger partial charge is 0.472 e. The van der Waals surface area contributed by atoms with Crippen LogP contribution in [0, 0.1) is 5.92 Å². The minimum Gasteiger partial charge on any atom is -0.472 e. The van der Waals surface area contributed by atoms with Crippen molar-refractivity contribution in [3.05, 3.63) is 36.0 Å². The molecule has 0 radical (unpaired) electrons. The first-order valence-electron chi connectivity index (χ1n) is 10.2. The van der Waals surface area contributed by atoms with Crippen molar-refractivity contribution < 1.29 is 18.7 Å². The van der Waals surface area contributed by atoms with E-state index < -0.39 is 0 Å². The smallest absolute Gasteiger partial charge is 0.254 e. The van der Waals surface area contributed by atoms with Crippen LogP contribution in [0.5, 0.6) is 0 Å².